The average molecular weight is 327 g/mol. The second kappa shape index (κ2) is 7.01. The molecule has 0 amide bonds. The first-order valence-corrected chi connectivity index (χ1v) is 9.39. The molecule has 0 aromatic carbocycles. The monoisotopic (exact) mass is 326 g/mol. The smallest absolute Gasteiger partial charge is 0.157 e. The molecule has 2 rings (SSSR count). The van der Waals surface area contributed by atoms with Gasteiger partial charge in [0.1, 0.15) is 0 Å². The van der Waals surface area contributed by atoms with Crippen molar-refractivity contribution in [2.24, 2.45) is 34.5 Å². The van der Waals surface area contributed by atoms with Crippen LogP contribution in [-0.4, -0.2) is 30.7 Å². The minimum atomic E-state index is -0.209. The summed E-state index contributed by atoms with van der Waals surface area (Å²) in [6, 6.07) is 0. The highest BCUT2D eigenvalue weighted by molar-refractivity contribution is 4.95. The third-order valence-electron chi connectivity index (χ3n) is 5.88. The summed E-state index contributed by atoms with van der Waals surface area (Å²) < 4.78 is 11.8. The van der Waals surface area contributed by atoms with Crippen LogP contribution in [0.2, 0.25) is 0 Å². The molecule has 2 unspecified atom stereocenters. The molecule has 3 heteroatoms. The number of ether oxygens (including phenoxy) is 2. The number of hydrogen-bond donors (Lipinski definition) is 1. The summed E-state index contributed by atoms with van der Waals surface area (Å²) in [6.45, 7) is 17.4. The fourth-order valence-corrected chi connectivity index (χ4v) is 4.35. The molecule has 23 heavy (non-hydrogen) atoms. The van der Waals surface area contributed by atoms with Gasteiger partial charge in [0.05, 0.1) is 19.3 Å². The van der Waals surface area contributed by atoms with Crippen molar-refractivity contribution in [3.63, 3.8) is 0 Å². The highest BCUT2D eigenvalue weighted by atomic mass is 16.7. The summed E-state index contributed by atoms with van der Waals surface area (Å²) in [4.78, 5) is 0. The zero-order chi connectivity index (χ0) is 17.4. The predicted molar refractivity (Wildman–Crippen MR) is 94.1 cm³/mol. The zero-order valence-corrected chi connectivity index (χ0v) is 16.3. The molecule has 2 aliphatic rings. The molecule has 1 heterocycles. The minimum Gasteiger partial charge on any atom is -0.393 e. The Hall–Kier alpha value is -0.120. The van der Waals surface area contributed by atoms with E-state index in [1.165, 1.54) is 0 Å². The molecular formula is C20H38O3. The molecule has 0 bridgehead atoms. The summed E-state index contributed by atoms with van der Waals surface area (Å²) in [5.74, 6) is 1.76. The topological polar surface area (TPSA) is 38.7 Å². The third-order valence-corrected chi connectivity index (χ3v) is 5.88. The van der Waals surface area contributed by atoms with E-state index in [4.69, 9.17) is 9.47 Å². The van der Waals surface area contributed by atoms with Crippen molar-refractivity contribution >= 4 is 0 Å². The van der Waals surface area contributed by atoms with Crippen LogP contribution in [0.5, 0.6) is 0 Å². The summed E-state index contributed by atoms with van der Waals surface area (Å²) in [6.07, 6.45) is 2.87. The van der Waals surface area contributed by atoms with Crippen molar-refractivity contribution in [1.82, 2.24) is 0 Å². The SMILES string of the molecule is CC1COC(CC2CC(C(C)(C)C)C(O)C(C(C)(C)C)C2)OC1. The van der Waals surface area contributed by atoms with Crippen LogP contribution in [-0.2, 0) is 9.47 Å². The Balaban J connectivity index is 2.07. The lowest BCUT2D eigenvalue weighted by molar-refractivity contribution is -0.210. The maximum Gasteiger partial charge on any atom is 0.157 e. The molecule has 2 fully saturated rings. The molecule has 1 aliphatic carbocycles. The first kappa shape index (κ1) is 19.2. The van der Waals surface area contributed by atoms with Crippen LogP contribution >= 0.6 is 0 Å². The van der Waals surface area contributed by atoms with Gasteiger partial charge in [0.2, 0.25) is 0 Å². The summed E-state index contributed by atoms with van der Waals surface area (Å²) in [7, 11) is 0. The van der Waals surface area contributed by atoms with Gasteiger partial charge < -0.3 is 14.6 Å². The van der Waals surface area contributed by atoms with Gasteiger partial charge in [-0.15, -0.1) is 0 Å². The molecule has 0 radical (unpaired) electrons. The average Bonchev–Trinajstić information content (AvgIpc) is 2.40. The van der Waals surface area contributed by atoms with Gasteiger partial charge in [-0.25, -0.2) is 0 Å². The highest BCUT2D eigenvalue weighted by Crippen LogP contribution is 2.49. The quantitative estimate of drug-likeness (QED) is 0.813. The van der Waals surface area contributed by atoms with E-state index in [1.54, 1.807) is 0 Å². The Bertz CT molecular complexity index is 347. The van der Waals surface area contributed by atoms with E-state index in [2.05, 4.69) is 48.5 Å². The second-order valence-electron chi connectivity index (χ2n) is 10.2. The maximum absolute atomic E-state index is 11.0. The molecule has 0 spiro atoms. The molecule has 1 aliphatic heterocycles. The highest BCUT2D eigenvalue weighted by Gasteiger charge is 2.46. The van der Waals surface area contributed by atoms with Crippen LogP contribution in [0.15, 0.2) is 0 Å². The lowest BCUT2D eigenvalue weighted by atomic mass is 9.58. The van der Waals surface area contributed by atoms with Crippen molar-refractivity contribution in [2.75, 3.05) is 13.2 Å². The standard InChI is InChI=1S/C20H38O3/c1-13-11-22-17(23-12-13)10-14-8-15(19(2,3)4)18(21)16(9-14)20(5,6)7/h13-18,21H,8-12H2,1-7H3. The molecule has 1 saturated carbocycles. The van der Waals surface area contributed by atoms with E-state index < -0.39 is 0 Å². The second-order valence-corrected chi connectivity index (χ2v) is 10.2. The Morgan fingerprint density at radius 2 is 1.30 bits per heavy atom. The van der Waals surface area contributed by atoms with Crippen molar-refractivity contribution in [3.05, 3.63) is 0 Å². The van der Waals surface area contributed by atoms with E-state index in [0.29, 0.717) is 23.7 Å². The molecule has 0 aromatic rings. The van der Waals surface area contributed by atoms with Gasteiger partial charge in [-0.3, -0.25) is 0 Å². The molecule has 3 nitrogen and oxygen atoms in total. The van der Waals surface area contributed by atoms with Gasteiger partial charge in [0.15, 0.2) is 6.29 Å². The number of rotatable bonds is 2. The van der Waals surface area contributed by atoms with Crippen molar-refractivity contribution < 1.29 is 14.6 Å². The first-order chi connectivity index (χ1) is 10.5. The summed E-state index contributed by atoms with van der Waals surface area (Å²) >= 11 is 0. The Labute approximate surface area is 143 Å². The fourth-order valence-electron chi connectivity index (χ4n) is 4.35. The van der Waals surface area contributed by atoms with Gasteiger partial charge >= 0.3 is 0 Å². The van der Waals surface area contributed by atoms with Crippen LogP contribution in [0.1, 0.15) is 67.7 Å². The predicted octanol–water partition coefficient (Wildman–Crippen LogP) is 4.48. The lowest BCUT2D eigenvalue weighted by Gasteiger charge is -2.50. The van der Waals surface area contributed by atoms with Crippen molar-refractivity contribution in [3.8, 4) is 0 Å². The van der Waals surface area contributed by atoms with E-state index in [9.17, 15) is 5.11 Å². The molecular weight excluding hydrogens is 288 g/mol. The largest absolute Gasteiger partial charge is 0.393 e. The fraction of sp³-hybridized carbons (Fsp3) is 1.00. The van der Waals surface area contributed by atoms with Crippen LogP contribution < -0.4 is 0 Å². The number of aliphatic hydroxyl groups is 1. The Kier molecular flexibility index (Phi) is 5.86. The van der Waals surface area contributed by atoms with Gasteiger partial charge in [0, 0.05) is 12.3 Å². The van der Waals surface area contributed by atoms with E-state index >= 15 is 0 Å². The summed E-state index contributed by atoms with van der Waals surface area (Å²) in [5.41, 5.74) is 0.259. The van der Waals surface area contributed by atoms with E-state index in [1.807, 2.05) is 0 Å². The molecule has 1 N–H and O–H groups in total. The van der Waals surface area contributed by atoms with Crippen molar-refractivity contribution in [1.29, 1.82) is 0 Å². The number of hydrogen-bond acceptors (Lipinski definition) is 3. The molecule has 1 saturated heterocycles. The minimum absolute atomic E-state index is 0.0484. The van der Waals surface area contributed by atoms with E-state index in [0.717, 1.165) is 32.5 Å². The normalized spacial score (nSPS) is 40.2. The Morgan fingerprint density at radius 1 is 0.870 bits per heavy atom. The first-order valence-electron chi connectivity index (χ1n) is 9.39. The lowest BCUT2D eigenvalue weighted by Crippen LogP contribution is -2.48. The maximum atomic E-state index is 11.0. The Morgan fingerprint density at radius 3 is 1.70 bits per heavy atom. The van der Waals surface area contributed by atoms with Gasteiger partial charge in [-0.05, 0) is 41.4 Å². The van der Waals surface area contributed by atoms with Gasteiger partial charge in [-0.2, -0.15) is 0 Å². The van der Waals surface area contributed by atoms with Crippen LogP contribution in [0.25, 0.3) is 0 Å². The van der Waals surface area contributed by atoms with Crippen LogP contribution in [0.3, 0.4) is 0 Å². The zero-order valence-electron chi connectivity index (χ0n) is 16.3. The van der Waals surface area contributed by atoms with E-state index in [-0.39, 0.29) is 23.2 Å². The molecule has 2 atom stereocenters. The van der Waals surface area contributed by atoms with Gasteiger partial charge in [-0.1, -0.05) is 48.5 Å². The van der Waals surface area contributed by atoms with Crippen molar-refractivity contribution in [2.45, 2.75) is 80.1 Å². The van der Waals surface area contributed by atoms with Gasteiger partial charge in [0.25, 0.3) is 0 Å². The molecule has 0 aromatic heterocycles. The van der Waals surface area contributed by atoms with Crippen LogP contribution in [0, 0.1) is 34.5 Å². The van der Waals surface area contributed by atoms with Crippen LogP contribution in [0.4, 0.5) is 0 Å². The summed E-state index contributed by atoms with van der Waals surface area (Å²) in [5, 5.41) is 11.0. The third kappa shape index (κ3) is 4.93. The number of aliphatic hydroxyl groups excluding tert-OH is 1. The molecule has 136 valence electrons.